The van der Waals surface area contributed by atoms with Gasteiger partial charge in [0.15, 0.2) is 0 Å². The molecule has 0 aromatic heterocycles. The van der Waals surface area contributed by atoms with Crippen LogP contribution in [0.5, 0.6) is 0 Å². The lowest BCUT2D eigenvalue weighted by molar-refractivity contribution is 0.269. The van der Waals surface area contributed by atoms with E-state index in [1.54, 1.807) is 0 Å². The molecule has 19 heavy (non-hydrogen) atoms. The lowest BCUT2D eigenvalue weighted by Gasteiger charge is -2.38. The first-order valence-electron chi connectivity index (χ1n) is 7.32. The summed E-state index contributed by atoms with van der Waals surface area (Å²) in [6, 6.07) is 6.93. The van der Waals surface area contributed by atoms with Crippen molar-refractivity contribution in [2.75, 3.05) is 23.3 Å². The average molecular weight is 324 g/mol. The molecular formula is C17H26BrN. The van der Waals surface area contributed by atoms with Gasteiger partial charge in [-0.2, -0.15) is 0 Å². The predicted molar refractivity (Wildman–Crippen MR) is 88.5 cm³/mol. The Kier molecular flexibility index (Phi) is 4.60. The fourth-order valence-electron chi connectivity index (χ4n) is 2.81. The molecule has 1 aromatic carbocycles. The number of alkyl halides is 1. The van der Waals surface area contributed by atoms with Crippen molar-refractivity contribution in [2.24, 2.45) is 11.3 Å². The molecule has 0 N–H and O–H groups in total. The molecule has 1 heterocycles. The van der Waals surface area contributed by atoms with Gasteiger partial charge in [-0.1, -0.05) is 54.4 Å². The fraction of sp³-hybridized carbons (Fsp3) is 0.647. The Morgan fingerprint density at radius 2 is 2.05 bits per heavy atom. The van der Waals surface area contributed by atoms with Crippen LogP contribution in [-0.4, -0.2) is 18.4 Å². The van der Waals surface area contributed by atoms with E-state index in [-0.39, 0.29) is 0 Å². The topological polar surface area (TPSA) is 3.24 Å². The normalized spacial score (nSPS) is 17.2. The van der Waals surface area contributed by atoms with Gasteiger partial charge in [0.1, 0.15) is 0 Å². The lowest BCUT2D eigenvalue weighted by Crippen LogP contribution is -2.39. The molecule has 1 atom stereocenters. The van der Waals surface area contributed by atoms with Crippen LogP contribution in [0.2, 0.25) is 0 Å². The van der Waals surface area contributed by atoms with Crippen molar-refractivity contribution >= 4 is 21.6 Å². The average Bonchev–Trinajstić information content (AvgIpc) is 2.34. The first-order valence-corrected chi connectivity index (χ1v) is 8.44. The van der Waals surface area contributed by atoms with Crippen LogP contribution in [-0.2, 0) is 6.42 Å². The summed E-state index contributed by atoms with van der Waals surface area (Å²) in [5.74, 6) is 0.680. The summed E-state index contributed by atoms with van der Waals surface area (Å²) in [6.45, 7) is 11.6. The highest BCUT2D eigenvalue weighted by atomic mass is 79.9. The van der Waals surface area contributed by atoms with Crippen LogP contribution in [0, 0.1) is 18.3 Å². The highest BCUT2D eigenvalue weighted by molar-refractivity contribution is 9.09. The lowest BCUT2D eigenvalue weighted by atomic mass is 9.81. The third-order valence-electron chi connectivity index (χ3n) is 4.30. The third kappa shape index (κ3) is 3.53. The molecule has 0 saturated heterocycles. The Morgan fingerprint density at radius 3 is 2.68 bits per heavy atom. The maximum absolute atomic E-state index is 3.70. The van der Waals surface area contributed by atoms with Gasteiger partial charge in [-0.15, -0.1) is 0 Å². The Hall–Kier alpha value is -0.500. The summed E-state index contributed by atoms with van der Waals surface area (Å²) in [7, 11) is 0. The van der Waals surface area contributed by atoms with Crippen LogP contribution in [0.4, 0.5) is 5.69 Å². The summed E-state index contributed by atoms with van der Waals surface area (Å²) in [5.41, 5.74) is 4.74. The Balaban J connectivity index is 2.19. The summed E-state index contributed by atoms with van der Waals surface area (Å²) in [6.07, 6.45) is 2.53. The molecule has 0 spiro atoms. The fourth-order valence-corrected chi connectivity index (χ4v) is 3.99. The first-order chi connectivity index (χ1) is 8.91. The molecule has 0 bridgehead atoms. The molecule has 2 heteroatoms. The number of hydrogen-bond acceptors (Lipinski definition) is 1. The third-order valence-corrected chi connectivity index (χ3v) is 5.08. The van der Waals surface area contributed by atoms with E-state index >= 15 is 0 Å². The monoisotopic (exact) mass is 323 g/mol. The molecular weight excluding hydrogens is 298 g/mol. The minimum atomic E-state index is 0.353. The van der Waals surface area contributed by atoms with Gasteiger partial charge in [0, 0.05) is 24.1 Å². The van der Waals surface area contributed by atoms with Crippen molar-refractivity contribution < 1.29 is 0 Å². The van der Waals surface area contributed by atoms with Crippen LogP contribution in [0.15, 0.2) is 18.2 Å². The van der Waals surface area contributed by atoms with Gasteiger partial charge in [0.05, 0.1) is 0 Å². The molecule has 0 fully saturated rings. The molecule has 1 aromatic rings. The number of aryl methyl sites for hydroxylation is 2. The van der Waals surface area contributed by atoms with E-state index < -0.39 is 0 Å². The Morgan fingerprint density at radius 1 is 1.32 bits per heavy atom. The zero-order valence-corrected chi connectivity index (χ0v) is 14.3. The Labute approximate surface area is 126 Å². The van der Waals surface area contributed by atoms with Crippen LogP contribution >= 0.6 is 15.9 Å². The summed E-state index contributed by atoms with van der Waals surface area (Å²) < 4.78 is 0. The number of rotatable bonds is 3. The van der Waals surface area contributed by atoms with Crippen molar-refractivity contribution in [2.45, 2.75) is 40.5 Å². The van der Waals surface area contributed by atoms with Crippen LogP contribution in [0.25, 0.3) is 0 Å². The molecule has 0 amide bonds. The van der Waals surface area contributed by atoms with E-state index in [0.29, 0.717) is 11.3 Å². The zero-order valence-electron chi connectivity index (χ0n) is 12.7. The van der Waals surface area contributed by atoms with Gasteiger partial charge >= 0.3 is 0 Å². The first kappa shape index (κ1) is 14.9. The van der Waals surface area contributed by atoms with Gasteiger partial charge in [-0.3, -0.25) is 0 Å². The van der Waals surface area contributed by atoms with E-state index in [1.807, 2.05) is 0 Å². The predicted octanol–water partition coefficient (Wildman–Crippen LogP) is 4.80. The van der Waals surface area contributed by atoms with E-state index in [4.69, 9.17) is 0 Å². The van der Waals surface area contributed by atoms with E-state index in [2.05, 4.69) is 66.7 Å². The molecule has 106 valence electrons. The quantitative estimate of drug-likeness (QED) is 0.722. The number of halogens is 1. The highest BCUT2D eigenvalue weighted by Crippen LogP contribution is 2.33. The van der Waals surface area contributed by atoms with Crippen LogP contribution in [0.1, 0.15) is 38.3 Å². The maximum atomic E-state index is 3.70. The number of nitrogens with zero attached hydrogens (tertiary/aromatic N) is 1. The molecule has 0 radical (unpaired) electrons. The van der Waals surface area contributed by atoms with Gasteiger partial charge in [0.25, 0.3) is 0 Å². The molecule has 1 aliphatic heterocycles. The second kappa shape index (κ2) is 5.87. The molecule has 0 aliphatic carbocycles. The summed E-state index contributed by atoms with van der Waals surface area (Å²) >= 11 is 3.70. The van der Waals surface area contributed by atoms with Crippen molar-refractivity contribution in [3.05, 3.63) is 29.3 Å². The largest absolute Gasteiger partial charge is 0.371 e. The molecule has 1 unspecified atom stereocenters. The van der Waals surface area contributed by atoms with Crippen molar-refractivity contribution in [1.29, 1.82) is 0 Å². The minimum Gasteiger partial charge on any atom is -0.371 e. The van der Waals surface area contributed by atoms with Gasteiger partial charge < -0.3 is 4.90 Å². The maximum Gasteiger partial charge on any atom is 0.0399 e. The van der Waals surface area contributed by atoms with E-state index in [9.17, 15) is 0 Å². The van der Waals surface area contributed by atoms with Crippen molar-refractivity contribution in [1.82, 2.24) is 0 Å². The zero-order chi connectivity index (χ0) is 14.0. The van der Waals surface area contributed by atoms with Gasteiger partial charge in [-0.05, 0) is 42.7 Å². The molecule has 2 rings (SSSR count). The smallest absolute Gasteiger partial charge is 0.0399 e. The minimum absolute atomic E-state index is 0.353. The Bertz CT molecular complexity index is 433. The standard InChI is InChI=1S/C17H26BrN/c1-13-7-8-16-14(10-13)6-5-9-19(16)12-15(11-18)17(2,3)4/h7-8,10,15H,5-6,9,11-12H2,1-4H3. The second-order valence-corrected chi connectivity index (χ2v) is 7.55. The number of benzene rings is 1. The highest BCUT2D eigenvalue weighted by Gasteiger charge is 2.27. The molecule has 1 nitrogen and oxygen atoms in total. The second-order valence-electron chi connectivity index (χ2n) is 6.90. The number of anilines is 1. The SMILES string of the molecule is Cc1ccc2c(c1)CCCN2CC(CBr)C(C)(C)C. The summed E-state index contributed by atoms with van der Waals surface area (Å²) in [4.78, 5) is 2.59. The van der Waals surface area contributed by atoms with Crippen molar-refractivity contribution in [3.8, 4) is 0 Å². The van der Waals surface area contributed by atoms with Crippen LogP contribution < -0.4 is 4.90 Å². The van der Waals surface area contributed by atoms with Gasteiger partial charge in [0.2, 0.25) is 0 Å². The van der Waals surface area contributed by atoms with E-state index in [0.717, 1.165) is 11.9 Å². The molecule has 0 saturated carbocycles. The van der Waals surface area contributed by atoms with Crippen LogP contribution in [0.3, 0.4) is 0 Å². The van der Waals surface area contributed by atoms with E-state index in [1.165, 1.54) is 36.2 Å². The van der Waals surface area contributed by atoms with Crippen molar-refractivity contribution in [3.63, 3.8) is 0 Å². The number of fused-ring (bicyclic) bond motifs is 1. The van der Waals surface area contributed by atoms with Gasteiger partial charge in [-0.25, -0.2) is 0 Å². The number of hydrogen-bond donors (Lipinski definition) is 0. The summed E-state index contributed by atoms with van der Waals surface area (Å²) in [5, 5.41) is 1.08. The molecule has 1 aliphatic rings.